The highest BCUT2D eigenvalue weighted by molar-refractivity contribution is 6.09. The Kier molecular flexibility index (Phi) is 8.53. The Morgan fingerprint density at radius 1 is 0.820 bits per heavy atom. The number of aryl methyl sites for hydroxylation is 2. The highest BCUT2D eigenvalue weighted by Crippen LogP contribution is 2.47. The summed E-state index contributed by atoms with van der Waals surface area (Å²) in [4.78, 5) is 4.77. The molecule has 3 heterocycles. The molecule has 0 N–H and O–H groups in total. The van der Waals surface area contributed by atoms with E-state index in [2.05, 4.69) is 151 Å². The van der Waals surface area contributed by atoms with Crippen LogP contribution in [0.25, 0.3) is 33.3 Å². The number of benzene rings is 3. The molecule has 2 atom stereocenters. The maximum absolute atomic E-state index is 6.80. The lowest BCUT2D eigenvalue weighted by molar-refractivity contribution is 0.431. The van der Waals surface area contributed by atoms with Crippen LogP contribution in [0.15, 0.2) is 90.6 Å². The molecule has 7 rings (SSSR count). The third-order valence-electron chi connectivity index (χ3n) is 10.4. The molecule has 0 saturated heterocycles. The van der Waals surface area contributed by atoms with Crippen LogP contribution in [0.5, 0.6) is 11.5 Å². The van der Waals surface area contributed by atoms with E-state index in [0.717, 1.165) is 46.9 Å². The van der Waals surface area contributed by atoms with Crippen molar-refractivity contribution in [1.29, 1.82) is 0 Å². The molecule has 3 aromatic heterocycles. The van der Waals surface area contributed by atoms with Crippen LogP contribution >= 0.6 is 0 Å². The molecular weight excluding hydrogens is 613 g/mol. The van der Waals surface area contributed by atoms with Crippen molar-refractivity contribution in [2.24, 2.45) is 5.92 Å². The van der Waals surface area contributed by atoms with Gasteiger partial charge in [0, 0.05) is 51.4 Å². The van der Waals surface area contributed by atoms with Gasteiger partial charge in [0.2, 0.25) is 0 Å². The van der Waals surface area contributed by atoms with Crippen molar-refractivity contribution in [2.75, 3.05) is 0 Å². The zero-order valence-corrected chi connectivity index (χ0v) is 31.6. The van der Waals surface area contributed by atoms with Gasteiger partial charge in [0.25, 0.3) is 0 Å². The van der Waals surface area contributed by atoms with Gasteiger partial charge < -0.3 is 4.74 Å². The first-order chi connectivity index (χ1) is 23.7. The summed E-state index contributed by atoms with van der Waals surface area (Å²) in [7, 11) is 0. The number of hydrogen-bond acceptors (Lipinski definition) is 3. The molecule has 5 heteroatoms. The first-order valence-electron chi connectivity index (χ1n) is 18.3. The van der Waals surface area contributed by atoms with Gasteiger partial charge in [-0.25, -0.2) is 9.67 Å². The number of hydrogen-bond donors (Lipinski definition) is 0. The Hall–Kier alpha value is -4.64. The molecule has 0 spiro atoms. The highest BCUT2D eigenvalue weighted by atomic mass is 16.5. The summed E-state index contributed by atoms with van der Waals surface area (Å²) in [5, 5.41) is 7.90. The molecule has 3 aromatic carbocycles. The van der Waals surface area contributed by atoms with Gasteiger partial charge in [0.15, 0.2) is 0 Å². The van der Waals surface area contributed by atoms with Crippen LogP contribution in [0.1, 0.15) is 109 Å². The van der Waals surface area contributed by atoms with Crippen molar-refractivity contribution >= 4 is 21.8 Å². The molecule has 0 radical (unpaired) electrons. The maximum Gasteiger partial charge on any atom is 0.137 e. The lowest BCUT2D eigenvalue weighted by Gasteiger charge is -2.34. The van der Waals surface area contributed by atoms with E-state index in [1.165, 1.54) is 50.8 Å². The number of pyridine rings is 1. The summed E-state index contributed by atoms with van der Waals surface area (Å²) in [6, 6.07) is 25.8. The average Bonchev–Trinajstić information content (AvgIpc) is 3.62. The number of allylic oxidation sites excluding steroid dienone is 2. The van der Waals surface area contributed by atoms with Crippen molar-refractivity contribution < 1.29 is 4.74 Å². The van der Waals surface area contributed by atoms with Crippen LogP contribution in [0.2, 0.25) is 0 Å². The van der Waals surface area contributed by atoms with Crippen LogP contribution in [0, 0.1) is 12.8 Å². The van der Waals surface area contributed by atoms with Gasteiger partial charge in [-0.05, 0) is 92.6 Å². The molecule has 50 heavy (non-hydrogen) atoms. The topological polar surface area (TPSA) is 44.9 Å². The minimum absolute atomic E-state index is 0.111. The Bertz CT molecular complexity index is 2250. The highest BCUT2D eigenvalue weighted by Gasteiger charge is 2.39. The van der Waals surface area contributed by atoms with Gasteiger partial charge in [-0.2, -0.15) is 5.10 Å². The normalized spacial score (nSPS) is 17.0. The smallest absolute Gasteiger partial charge is 0.137 e. The van der Waals surface area contributed by atoms with E-state index in [9.17, 15) is 0 Å². The fourth-order valence-electron chi connectivity index (χ4n) is 8.08. The second-order valence-corrected chi connectivity index (χ2v) is 16.5. The number of para-hydroxylation sites is 1. The van der Waals surface area contributed by atoms with Gasteiger partial charge in [-0.3, -0.25) is 4.57 Å². The van der Waals surface area contributed by atoms with Crippen molar-refractivity contribution in [1.82, 2.24) is 19.3 Å². The Labute approximate surface area is 298 Å². The first-order valence-corrected chi connectivity index (χ1v) is 18.3. The molecule has 0 fully saturated rings. The molecule has 258 valence electrons. The molecule has 0 unspecified atom stereocenters. The quantitative estimate of drug-likeness (QED) is 0.166. The van der Waals surface area contributed by atoms with E-state index in [4.69, 9.17) is 14.8 Å². The van der Waals surface area contributed by atoms with E-state index < -0.39 is 0 Å². The van der Waals surface area contributed by atoms with Crippen LogP contribution in [0.3, 0.4) is 0 Å². The summed E-state index contributed by atoms with van der Waals surface area (Å²) in [5.41, 5.74) is 10.8. The molecule has 1 aliphatic carbocycles. The molecule has 0 amide bonds. The third-order valence-corrected chi connectivity index (χ3v) is 10.4. The zero-order chi connectivity index (χ0) is 35.5. The number of aromatic nitrogens is 4. The van der Waals surface area contributed by atoms with E-state index >= 15 is 0 Å². The van der Waals surface area contributed by atoms with Gasteiger partial charge >= 0.3 is 0 Å². The van der Waals surface area contributed by atoms with Crippen molar-refractivity contribution in [3.05, 3.63) is 119 Å². The fraction of sp³-hybridized carbons (Fsp3) is 0.378. The second-order valence-electron chi connectivity index (χ2n) is 16.5. The monoisotopic (exact) mass is 664 g/mol. The largest absolute Gasteiger partial charge is 0.457 e. The molecule has 0 saturated carbocycles. The number of ether oxygens (including phenoxy) is 1. The van der Waals surface area contributed by atoms with Gasteiger partial charge in [-0.15, -0.1) is 0 Å². The van der Waals surface area contributed by atoms with Crippen LogP contribution in [0.4, 0.5) is 0 Å². The minimum atomic E-state index is -0.130. The van der Waals surface area contributed by atoms with Crippen LogP contribution < -0.4 is 4.74 Å². The van der Waals surface area contributed by atoms with E-state index in [-0.39, 0.29) is 10.8 Å². The van der Waals surface area contributed by atoms with Crippen LogP contribution in [-0.2, 0) is 17.3 Å². The maximum atomic E-state index is 6.80. The first kappa shape index (κ1) is 33.8. The van der Waals surface area contributed by atoms with Gasteiger partial charge in [0.1, 0.15) is 17.3 Å². The standard InChI is InChI=1S/C45H52N4O/c1-11-31-24-32(49-43(45(8,9)10)41(42(47-49)44(5,6)7)40-29(3)15-14-16-30(40)4)26-34(25-31)50-33-19-20-36-35-17-12-13-18-37(35)48(38(36)27-33)39-23-28(2)21-22-46-39/h12-13,15,17-27,30,40H,11,14,16H2,1-10H3/t30-,40+/m0/s1. The van der Waals surface area contributed by atoms with E-state index in [1.807, 2.05) is 12.3 Å². The van der Waals surface area contributed by atoms with Crippen molar-refractivity contribution in [2.45, 2.75) is 105 Å². The Balaban J connectivity index is 1.39. The van der Waals surface area contributed by atoms with Gasteiger partial charge in [-0.1, -0.05) is 85.2 Å². The second kappa shape index (κ2) is 12.6. The molecule has 1 aliphatic rings. The lowest BCUT2D eigenvalue weighted by atomic mass is 9.70. The zero-order valence-electron chi connectivity index (χ0n) is 31.6. The summed E-state index contributed by atoms with van der Waals surface area (Å²) >= 11 is 0. The summed E-state index contributed by atoms with van der Waals surface area (Å²) in [6.07, 6.45) is 7.58. The minimum Gasteiger partial charge on any atom is -0.457 e. The van der Waals surface area contributed by atoms with E-state index in [0.29, 0.717) is 11.8 Å². The summed E-state index contributed by atoms with van der Waals surface area (Å²) < 4.78 is 11.3. The van der Waals surface area contributed by atoms with E-state index in [1.54, 1.807) is 0 Å². The third kappa shape index (κ3) is 6.05. The number of rotatable bonds is 6. The molecule has 6 aromatic rings. The molecule has 0 aliphatic heterocycles. The lowest BCUT2D eigenvalue weighted by Crippen LogP contribution is -2.25. The predicted octanol–water partition coefficient (Wildman–Crippen LogP) is 12.1. The predicted molar refractivity (Wildman–Crippen MR) is 209 cm³/mol. The van der Waals surface area contributed by atoms with Crippen molar-refractivity contribution in [3.63, 3.8) is 0 Å². The Morgan fingerprint density at radius 3 is 2.28 bits per heavy atom. The summed E-state index contributed by atoms with van der Waals surface area (Å²) in [6.45, 7) is 23.0. The van der Waals surface area contributed by atoms with Crippen LogP contribution in [-0.4, -0.2) is 19.3 Å². The average molecular weight is 665 g/mol. The summed E-state index contributed by atoms with van der Waals surface area (Å²) in [5.74, 6) is 3.41. The molecular formula is C45H52N4O. The number of fused-ring (bicyclic) bond motifs is 3. The van der Waals surface area contributed by atoms with Crippen molar-refractivity contribution in [3.8, 4) is 23.0 Å². The van der Waals surface area contributed by atoms with Gasteiger partial charge in [0.05, 0.1) is 28.1 Å². The Morgan fingerprint density at radius 2 is 1.58 bits per heavy atom. The SMILES string of the molecule is CCc1cc(Oc2ccc3c4ccccc4n(-c4cc(C)ccn4)c3c2)cc(-n2nc(C(C)(C)C)c([C@@H]3C(C)=CCC[C@@H]3C)c2C(C)(C)C)c1. The number of nitrogens with zero attached hydrogens (tertiary/aromatic N) is 4. The fourth-order valence-corrected chi connectivity index (χ4v) is 8.08. The molecule has 0 bridgehead atoms. The molecule has 5 nitrogen and oxygen atoms in total.